The molecular formula is C28H30N2O3. The SMILES string of the molecule is COc1ccc([C@H](CNC(=O)COc2ccc(C(C)C)cc2)c2c[nH]c3ccccc23)cc1. The maximum atomic E-state index is 12.6. The number of amides is 1. The van der Waals surface area contributed by atoms with E-state index in [9.17, 15) is 4.79 Å². The van der Waals surface area contributed by atoms with Crippen molar-refractivity contribution in [3.05, 3.63) is 95.7 Å². The van der Waals surface area contributed by atoms with Crippen LogP contribution in [-0.4, -0.2) is 31.2 Å². The first-order chi connectivity index (χ1) is 16.0. The fourth-order valence-corrected chi connectivity index (χ4v) is 3.99. The van der Waals surface area contributed by atoms with Crippen molar-refractivity contribution in [2.24, 2.45) is 0 Å². The summed E-state index contributed by atoms with van der Waals surface area (Å²) < 4.78 is 11.0. The number of methoxy groups -OCH3 is 1. The summed E-state index contributed by atoms with van der Waals surface area (Å²) in [5, 5.41) is 4.20. The van der Waals surface area contributed by atoms with E-state index in [1.807, 2.05) is 66.9 Å². The fourth-order valence-electron chi connectivity index (χ4n) is 3.99. The van der Waals surface area contributed by atoms with Gasteiger partial charge in [-0.15, -0.1) is 0 Å². The lowest BCUT2D eigenvalue weighted by atomic mass is 9.91. The molecule has 33 heavy (non-hydrogen) atoms. The third-order valence-corrected chi connectivity index (χ3v) is 5.93. The van der Waals surface area contributed by atoms with Crippen LogP contribution in [0.5, 0.6) is 11.5 Å². The van der Waals surface area contributed by atoms with E-state index >= 15 is 0 Å². The number of benzene rings is 3. The Kier molecular flexibility index (Phi) is 6.98. The average molecular weight is 443 g/mol. The van der Waals surface area contributed by atoms with Crippen LogP contribution in [0.1, 0.15) is 42.4 Å². The molecule has 0 bridgehead atoms. The molecule has 0 radical (unpaired) electrons. The van der Waals surface area contributed by atoms with Crippen LogP contribution in [-0.2, 0) is 4.79 Å². The summed E-state index contributed by atoms with van der Waals surface area (Å²) in [5.41, 5.74) is 4.56. The van der Waals surface area contributed by atoms with E-state index in [0.29, 0.717) is 18.2 Å². The van der Waals surface area contributed by atoms with Gasteiger partial charge < -0.3 is 19.8 Å². The number of aromatic amines is 1. The number of hydrogen-bond donors (Lipinski definition) is 2. The topological polar surface area (TPSA) is 63.4 Å². The quantitative estimate of drug-likeness (QED) is 0.353. The van der Waals surface area contributed by atoms with Crippen LogP contribution in [0.4, 0.5) is 0 Å². The van der Waals surface area contributed by atoms with Gasteiger partial charge in [0.05, 0.1) is 7.11 Å². The Morgan fingerprint density at radius 1 is 0.909 bits per heavy atom. The van der Waals surface area contributed by atoms with Crippen molar-refractivity contribution in [1.29, 1.82) is 0 Å². The Hall–Kier alpha value is -3.73. The number of hydrogen-bond acceptors (Lipinski definition) is 3. The lowest BCUT2D eigenvalue weighted by molar-refractivity contribution is -0.123. The van der Waals surface area contributed by atoms with Crippen molar-refractivity contribution < 1.29 is 14.3 Å². The summed E-state index contributed by atoms with van der Waals surface area (Å²) in [7, 11) is 1.66. The normalized spacial score (nSPS) is 12.0. The van der Waals surface area contributed by atoms with Crippen molar-refractivity contribution in [3.63, 3.8) is 0 Å². The third kappa shape index (κ3) is 5.37. The largest absolute Gasteiger partial charge is 0.497 e. The van der Waals surface area contributed by atoms with Gasteiger partial charge in [0.15, 0.2) is 6.61 Å². The highest BCUT2D eigenvalue weighted by molar-refractivity contribution is 5.84. The van der Waals surface area contributed by atoms with Gasteiger partial charge in [0.25, 0.3) is 5.91 Å². The van der Waals surface area contributed by atoms with Crippen LogP contribution in [0.15, 0.2) is 79.0 Å². The molecule has 3 aromatic carbocycles. The molecule has 4 rings (SSSR count). The van der Waals surface area contributed by atoms with Crippen LogP contribution in [0, 0.1) is 0 Å². The first kappa shape index (κ1) is 22.5. The zero-order valence-corrected chi connectivity index (χ0v) is 19.3. The van der Waals surface area contributed by atoms with E-state index in [0.717, 1.165) is 27.8 Å². The monoisotopic (exact) mass is 442 g/mol. The predicted octanol–water partition coefficient (Wildman–Crippen LogP) is 5.63. The summed E-state index contributed by atoms with van der Waals surface area (Å²) in [4.78, 5) is 15.9. The molecule has 1 amide bonds. The average Bonchev–Trinajstić information content (AvgIpc) is 3.27. The zero-order valence-electron chi connectivity index (χ0n) is 19.3. The summed E-state index contributed by atoms with van der Waals surface area (Å²) in [5.74, 6) is 1.79. The molecule has 1 heterocycles. The van der Waals surface area contributed by atoms with Crippen LogP contribution < -0.4 is 14.8 Å². The third-order valence-electron chi connectivity index (χ3n) is 5.93. The van der Waals surface area contributed by atoms with E-state index < -0.39 is 0 Å². The number of rotatable bonds is 9. The van der Waals surface area contributed by atoms with Crippen LogP contribution in [0.2, 0.25) is 0 Å². The molecule has 170 valence electrons. The zero-order chi connectivity index (χ0) is 23.2. The first-order valence-electron chi connectivity index (χ1n) is 11.2. The van der Waals surface area contributed by atoms with Gasteiger partial charge >= 0.3 is 0 Å². The van der Waals surface area contributed by atoms with Gasteiger partial charge in [0.1, 0.15) is 11.5 Å². The highest BCUT2D eigenvalue weighted by atomic mass is 16.5. The molecule has 4 aromatic rings. The van der Waals surface area contributed by atoms with Crippen molar-refractivity contribution in [2.75, 3.05) is 20.3 Å². The number of carbonyl (C=O) groups is 1. The molecule has 0 spiro atoms. The van der Waals surface area contributed by atoms with Gasteiger partial charge in [-0.3, -0.25) is 4.79 Å². The standard InChI is InChI=1S/C28H30N2O3/c1-19(2)20-8-14-23(15-9-20)33-18-28(31)30-16-25(21-10-12-22(32-3)13-11-21)26-17-29-27-7-5-4-6-24(26)27/h4-15,17,19,25,29H,16,18H2,1-3H3,(H,30,31)/t25-/m0/s1. The number of aromatic nitrogens is 1. The number of fused-ring (bicyclic) bond motifs is 1. The molecule has 0 aliphatic heterocycles. The van der Waals surface area contributed by atoms with Crippen LogP contribution in [0.25, 0.3) is 10.9 Å². The highest BCUT2D eigenvalue weighted by Gasteiger charge is 2.19. The van der Waals surface area contributed by atoms with Crippen LogP contribution in [0.3, 0.4) is 0 Å². The van der Waals surface area contributed by atoms with Crippen LogP contribution >= 0.6 is 0 Å². The van der Waals surface area contributed by atoms with Gasteiger partial charge in [-0.05, 0) is 52.9 Å². The molecule has 0 saturated heterocycles. The summed E-state index contributed by atoms with van der Waals surface area (Å²) in [6, 6.07) is 24.1. The minimum Gasteiger partial charge on any atom is -0.497 e. The number of ether oxygens (including phenoxy) is 2. The van der Waals surface area contributed by atoms with Gasteiger partial charge in [-0.25, -0.2) is 0 Å². The van der Waals surface area contributed by atoms with Gasteiger partial charge in [-0.1, -0.05) is 56.3 Å². The van der Waals surface area contributed by atoms with Crippen molar-refractivity contribution in [3.8, 4) is 11.5 Å². The molecule has 5 heteroatoms. The highest BCUT2D eigenvalue weighted by Crippen LogP contribution is 2.31. The molecular weight excluding hydrogens is 412 g/mol. The number of H-pyrrole nitrogens is 1. The molecule has 5 nitrogen and oxygen atoms in total. The predicted molar refractivity (Wildman–Crippen MR) is 132 cm³/mol. The fraction of sp³-hybridized carbons (Fsp3) is 0.250. The van der Waals surface area contributed by atoms with E-state index in [2.05, 4.69) is 36.3 Å². The maximum absolute atomic E-state index is 12.6. The Morgan fingerprint density at radius 3 is 2.27 bits per heavy atom. The number of carbonyl (C=O) groups excluding carboxylic acids is 1. The van der Waals surface area contributed by atoms with Gasteiger partial charge in [0.2, 0.25) is 0 Å². The first-order valence-corrected chi connectivity index (χ1v) is 11.2. The maximum Gasteiger partial charge on any atom is 0.257 e. The summed E-state index contributed by atoms with van der Waals surface area (Å²) in [6.07, 6.45) is 2.03. The number of para-hydroxylation sites is 1. The molecule has 2 N–H and O–H groups in total. The second kappa shape index (κ2) is 10.3. The van der Waals surface area contributed by atoms with Crippen molar-refractivity contribution in [1.82, 2.24) is 10.3 Å². The Bertz CT molecular complexity index is 1190. The number of nitrogens with one attached hydrogen (secondary N) is 2. The molecule has 0 fully saturated rings. The lowest BCUT2D eigenvalue weighted by Crippen LogP contribution is -2.32. The molecule has 0 unspecified atom stereocenters. The van der Waals surface area contributed by atoms with Crippen molar-refractivity contribution in [2.45, 2.75) is 25.7 Å². The lowest BCUT2D eigenvalue weighted by Gasteiger charge is -2.19. The molecule has 0 saturated carbocycles. The van der Waals surface area contributed by atoms with E-state index in [1.54, 1.807) is 7.11 Å². The Balaban J connectivity index is 1.46. The Labute approximate surface area is 194 Å². The summed E-state index contributed by atoms with van der Waals surface area (Å²) >= 11 is 0. The van der Waals surface area contributed by atoms with E-state index in [-0.39, 0.29) is 18.4 Å². The smallest absolute Gasteiger partial charge is 0.257 e. The minimum atomic E-state index is -0.152. The summed E-state index contributed by atoms with van der Waals surface area (Å²) in [6.45, 7) is 4.74. The molecule has 1 aromatic heterocycles. The second-order valence-corrected chi connectivity index (χ2v) is 8.43. The molecule has 0 aliphatic rings. The minimum absolute atomic E-state index is 0.0127. The van der Waals surface area contributed by atoms with Crippen molar-refractivity contribution >= 4 is 16.8 Å². The van der Waals surface area contributed by atoms with E-state index in [4.69, 9.17) is 9.47 Å². The van der Waals surface area contributed by atoms with E-state index in [1.165, 1.54) is 5.56 Å². The molecule has 0 aliphatic carbocycles. The Morgan fingerprint density at radius 2 is 1.58 bits per heavy atom. The van der Waals surface area contributed by atoms with Gasteiger partial charge in [-0.2, -0.15) is 0 Å². The van der Waals surface area contributed by atoms with Gasteiger partial charge in [0, 0.05) is 29.6 Å². The molecule has 1 atom stereocenters. The second-order valence-electron chi connectivity index (χ2n) is 8.43.